The van der Waals surface area contributed by atoms with Gasteiger partial charge in [0.05, 0.1) is 7.11 Å². The third-order valence-electron chi connectivity index (χ3n) is 6.07. The number of methoxy groups -OCH3 is 1. The van der Waals surface area contributed by atoms with Gasteiger partial charge in [-0.15, -0.1) is 0 Å². The smallest absolute Gasteiger partial charge is 0.255 e. The molecule has 1 aromatic heterocycles. The molecular formula is C29H32N4O3. The van der Waals surface area contributed by atoms with Gasteiger partial charge >= 0.3 is 0 Å². The number of carbonyl (C=O) groups excluding carboxylic acids is 1. The van der Waals surface area contributed by atoms with E-state index in [1.807, 2.05) is 42.5 Å². The first-order chi connectivity index (χ1) is 17.3. The molecule has 0 radical (unpaired) electrons. The molecule has 4 aromatic rings. The molecule has 0 saturated carbocycles. The molecule has 36 heavy (non-hydrogen) atoms. The standard InChI is InChI=1S/C29H32N4O3/c1-19-17-23(28-30-20(2)36-32-28)9-14-26(19)22-8-15-27(21(18-22)7-6-16-33(3)4)29(34)31-24-10-12-25(35-5)13-11-24/h8-15,17-18H,6-7,16H2,1-5H3,(H,31,34). The van der Waals surface area contributed by atoms with E-state index in [9.17, 15) is 4.79 Å². The van der Waals surface area contributed by atoms with E-state index in [1.54, 1.807) is 14.0 Å². The maximum atomic E-state index is 13.2. The Bertz CT molecular complexity index is 1340. The van der Waals surface area contributed by atoms with Gasteiger partial charge in [0.25, 0.3) is 5.91 Å². The van der Waals surface area contributed by atoms with Gasteiger partial charge in [0.15, 0.2) is 0 Å². The van der Waals surface area contributed by atoms with E-state index in [-0.39, 0.29) is 5.91 Å². The van der Waals surface area contributed by atoms with Crippen molar-refractivity contribution in [2.24, 2.45) is 0 Å². The van der Waals surface area contributed by atoms with E-state index >= 15 is 0 Å². The van der Waals surface area contributed by atoms with Crippen LogP contribution in [0.2, 0.25) is 0 Å². The molecule has 0 spiro atoms. The Morgan fingerprint density at radius 2 is 1.75 bits per heavy atom. The van der Waals surface area contributed by atoms with Crippen LogP contribution in [0.1, 0.15) is 33.8 Å². The van der Waals surface area contributed by atoms with E-state index in [0.717, 1.165) is 58.6 Å². The summed E-state index contributed by atoms with van der Waals surface area (Å²) in [4.78, 5) is 19.7. The van der Waals surface area contributed by atoms with Gasteiger partial charge in [-0.05, 0) is 99.1 Å². The lowest BCUT2D eigenvalue weighted by molar-refractivity contribution is 0.102. The van der Waals surface area contributed by atoms with Crippen LogP contribution in [-0.4, -0.2) is 48.7 Å². The minimum absolute atomic E-state index is 0.119. The number of nitrogens with one attached hydrogen (secondary N) is 1. The van der Waals surface area contributed by atoms with Crippen molar-refractivity contribution in [2.75, 3.05) is 33.1 Å². The van der Waals surface area contributed by atoms with E-state index in [2.05, 4.69) is 59.6 Å². The first-order valence-corrected chi connectivity index (χ1v) is 12.0. The normalized spacial score (nSPS) is 11.1. The Kier molecular flexibility index (Phi) is 7.80. The minimum Gasteiger partial charge on any atom is -0.497 e. The summed E-state index contributed by atoms with van der Waals surface area (Å²) in [5.74, 6) is 1.75. The quantitative estimate of drug-likeness (QED) is 0.325. The topological polar surface area (TPSA) is 80.5 Å². The van der Waals surface area contributed by atoms with Gasteiger partial charge in [-0.2, -0.15) is 4.98 Å². The Morgan fingerprint density at radius 3 is 2.39 bits per heavy atom. The number of carbonyl (C=O) groups is 1. The summed E-state index contributed by atoms with van der Waals surface area (Å²) in [6, 6.07) is 19.6. The van der Waals surface area contributed by atoms with Crippen molar-refractivity contribution in [3.8, 4) is 28.3 Å². The number of anilines is 1. The number of benzene rings is 3. The van der Waals surface area contributed by atoms with Gasteiger partial charge in [-0.1, -0.05) is 29.4 Å². The summed E-state index contributed by atoms with van der Waals surface area (Å²) in [5.41, 5.74) is 6.63. The Labute approximate surface area is 212 Å². The molecule has 186 valence electrons. The summed E-state index contributed by atoms with van der Waals surface area (Å²) >= 11 is 0. The Morgan fingerprint density at radius 1 is 1.00 bits per heavy atom. The number of hydrogen-bond acceptors (Lipinski definition) is 6. The number of aromatic nitrogens is 2. The van der Waals surface area contributed by atoms with Crippen LogP contribution in [0.4, 0.5) is 5.69 Å². The van der Waals surface area contributed by atoms with Gasteiger partial charge in [-0.3, -0.25) is 4.79 Å². The number of hydrogen-bond donors (Lipinski definition) is 1. The molecular weight excluding hydrogens is 452 g/mol. The zero-order chi connectivity index (χ0) is 25.7. The average Bonchev–Trinajstić information content (AvgIpc) is 3.30. The van der Waals surface area contributed by atoms with Crippen molar-refractivity contribution in [3.05, 3.63) is 83.2 Å². The van der Waals surface area contributed by atoms with Crippen molar-refractivity contribution in [1.82, 2.24) is 15.0 Å². The molecule has 1 N–H and O–H groups in total. The van der Waals surface area contributed by atoms with Gasteiger partial charge in [0, 0.05) is 23.7 Å². The number of rotatable bonds is 9. The highest BCUT2D eigenvalue weighted by Crippen LogP contribution is 2.30. The molecule has 0 saturated heterocycles. The summed E-state index contributed by atoms with van der Waals surface area (Å²) < 4.78 is 10.3. The van der Waals surface area contributed by atoms with Gasteiger partial charge in [-0.25, -0.2) is 0 Å². The van der Waals surface area contributed by atoms with Crippen LogP contribution in [0.25, 0.3) is 22.5 Å². The number of ether oxygens (including phenoxy) is 1. The highest BCUT2D eigenvalue weighted by atomic mass is 16.5. The first-order valence-electron chi connectivity index (χ1n) is 12.0. The lowest BCUT2D eigenvalue weighted by atomic mass is 9.93. The second-order valence-corrected chi connectivity index (χ2v) is 9.13. The van der Waals surface area contributed by atoms with Crippen LogP contribution >= 0.6 is 0 Å². The third-order valence-corrected chi connectivity index (χ3v) is 6.07. The molecule has 1 amide bonds. The minimum atomic E-state index is -0.119. The molecule has 7 nitrogen and oxygen atoms in total. The van der Waals surface area contributed by atoms with E-state index in [1.165, 1.54) is 0 Å². The molecule has 1 heterocycles. The predicted molar refractivity (Wildman–Crippen MR) is 142 cm³/mol. The summed E-state index contributed by atoms with van der Waals surface area (Å²) in [7, 11) is 5.74. The van der Waals surface area contributed by atoms with Crippen LogP contribution < -0.4 is 10.1 Å². The van der Waals surface area contributed by atoms with Crippen molar-refractivity contribution >= 4 is 11.6 Å². The molecule has 0 fully saturated rings. The highest BCUT2D eigenvalue weighted by molar-refractivity contribution is 6.05. The van der Waals surface area contributed by atoms with Crippen molar-refractivity contribution < 1.29 is 14.1 Å². The van der Waals surface area contributed by atoms with Crippen molar-refractivity contribution in [1.29, 1.82) is 0 Å². The average molecular weight is 485 g/mol. The summed E-state index contributed by atoms with van der Waals surface area (Å²) in [6.45, 7) is 4.80. The molecule has 0 atom stereocenters. The second kappa shape index (κ2) is 11.2. The zero-order valence-electron chi connectivity index (χ0n) is 21.5. The van der Waals surface area contributed by atoms with Crippen LogP contribution in [0.5, 0.6) is 5.75 Å². The fourth-order valence-electron chi connectivity index (χ4n) is 4.19. The lowest BCUT2D eigenvalue weighted by Crippen LogP contribution is -2.16. The summed E-state index contributed by atoms with van der Waals surface area (Å²) in [5, 5.41) is 7.04. The molecule has 4 rings (SSSR count). The number of amides is 1. The molecule has 0 aliphatic rings. The van der Waals surface area contributed by atoms with Crippen molar-refractivity contribution in [3.63, 3.8) is 0 Å². The maximum absolute atomic E-state index is 13.2. The van der Waals surface area contributed by atoms with Gasteiger partial charge in [0.2, 0.25) is 11.7 Å². The number of aryl methyl sites for hydroxylation is 3. The van der Waals surface area contributed by atoms with Crippen molar-refractivity contribution in [2.45, 2.75) is 26.7 Å². The summed E-state index contributed by atoms with van der Waals surface area (Å²) in [6.07, 6.45) is 1.75. The molecule has 0 bridgehead atoms. The molecule has 0 aliphatic heterocycles. The fourth-order valence-corrected chi connectivity index (χ4v) is 4.19. The zero-order valence-corrected chi connectivity index (χ0v) is 21.5. The first kappa shape index (κ1) is 25.1. The maximum Gasteiger partial charge on any atom is 0.255 e. The molecule has 7 heteroatoms. The SMILES string of the molecule is COc1ccc(NC(=O)c2ccc(-c3ccc(-c4noc(C)n4)cc3C)cc2CCCN(C)C)cc1. The monoisotopic (exact) mass is 484 g/mol. The van der Waals surface area contributed by atoms with Crippen LogP contribution in [0.15, 0.2) is 65.2 Å². The molecule has 0 unspecified atom stereocenters. The fraction of sp³-hybridized carbons (Fsp3) is 0.276. The third kappa shape index (κ3) is 5.98. The lowest BCUT2D eigenvalue weighted by Gasteiger charge is -2.15. The van der Waals surface area contributed by atoms with E-state index in [4.69, 9.17) is 9.26 Å². The molecule has 3 aromatic carbocycles. The van der Waals surface area contributed by atoms with Crippen LogP contribution in [-0.2, 0) is 6.42 Å². The second-order valence-electron chi connectivity index (χ2n) is 9.13. The molecule has 0 aliphatic carbocycles. The predicted octanol–water partition coefficient (Wildman–Crippen LogP) is 5.78. The number of nitrogens with zero attached hydrogens (tertiary/aromatic N) is 3. The van der Waals surface area contributed by atoms with Crippen LogP contribution in [0.3, 0.4) is 0 Å². The van der Waals surface area contributed by atoms with E-state index in [0.29, 0.717) is 17.3 Å². The largest absolute Gasteiger partial charge is 0.497 e. The van der Waals surface area contributed by atoms with Gasteiger partial charge < -0.3 is 19.5 Å². The Hall–Kier alpha value is -3.97. The van der Waals surface area contributed by atoms with E-state index < -0.39 is 0 Å². The highest BCUT2D eigenvalue weighted by Gasteiger charge is 2.15. The Balaban J connectivity index is 1.63. The van der Waals surface area contributed by atoms with Gasteiger partial charge in [0.1, 0.15) is 5.75 Å². The van der Waals surface area contributed by atoms with Crippen LogP contribution in [0, 0.1) is 13.8 Å².